The number of amides is 1. The van der Waals surface area contributed by atoms with Crippen molar-refractivity contribution in [1.82, 2.24) is 9.13 Å². The third-order valence-electron chi connectivity index (χ3n) is 4.89. The molecular formula is C21H24N4O6S. The topological polar surface area (TPSA) is 142 Å². The number of nitrogen functional groups attached to an aromatic ring is 1. The molecule has 0 saturated heterocycles. The van der Waals surface area contributed by atoms with E-state index in [0.717, 1.165) is 14.0 Å². The molecule has 10 nitrogen and oxygen atoms in total. The summed E-state index contributed by atoms with van der Waals surface area (Å²) in [5, 5.41) is 2.47. The lowest BCUT2D eigenvalue weighted by atomic mass is 10.1. The third-order valence-corrected chi connectivity index (χ3v) is 6.07. The molecule has 11 heteroatoms. The van der Waals surface area contributed by atoms with Gasteiger partial charge in [-0.25, -0.2) is 9.59 Å². The van der Waals surface area contributed by atoms with Crippen LogP contribution in [0.3, 0.4) is 0 Å². The van der Waals surface area contributed by atoms with Crippen LogP contribution in [0, 0.1) is 5.92 Å². The number of fused-ring (bicyclic) bond motifs is 1. The Morgan fingerprint density at radius 2 is 1.94 bits per heavy atom. The first-order valence-corrected chi connectivity index (χ1v) is 10.8. The first-order chi connectivity index (χ1) is 15.0. The van der Waals surface area contributed by atoms with Gasteiger partial charge in [-0.3, -0.25) is 23.5 Å². The Kier molecular flexibility index (Phi) is 6.58. The number of thioether (sulfide) groups is 1. The molecule has 170 valence electrons. The number of carbonyl (C=O) groups excluding carboxylic acids is 3. The molecule has 0 fully saturated rings. The highest BCUT2D eigenvalue weighted by molar-refractivity contribution is 8.00. The molecule has 1 aliphatic heterocycles. The fourth-order valence-electron chi connectivity index (χ4n) is 3.21. The van der Waals surface area contributed by atoms with E-state index in [1.54, 1.807) is 13.0 Å². The minimum atomic E-state index is -0.851. The maximum atomic E-state index is 12.7. The molecule has 0 spiro atoms. The van der Waals surface area contributed by atoms with Crippen molar-refractivity contribution in [2.75, 3.05) is 17.7 Å². The number of nitrogens with zero attached hydrogens (tertiary/aromatic N) is 2. The Bertz CT molecular complexity index is 1230. The van der Waals surface area contributed by atoms with Crippen molar-refractivity contribution in [3.05, 3.63) is 50.2 Å². The Morgan fingerprint density at radius 3 is 2.59 bits per heavy atom. The van der Waals surface area contributed by atoms with Crippen LogP contribution < -0.4 is 22.3 Å². The van der Waals surface area contributed by atoms with E-state index >= 15 is 0 Å². The Morgan fingerprint density at radius 1 is 1.25 bits per heavy atom. The fraction of sp³-hybridized carbons (Fsp3) is 0.381. The molecule has 1 atom stereocenters. The number of Topliss-reactive ketones (excluding diaryl/α,β-unsaturated/α-hetero) is 1. The molecule has 0 radical (unpaired) electrons. The minimum absolute atomic E-state index is 0.0407. The average Bonchev–Trinajstić information content (AvgIpc) is 2.74. The summed E-state index contributed by atoms with van der Waals surface area (Å²) in [6.07, 6.45) is 0. The van der Waals surface area contributed by atoms with Crippen molar-refractivity contribution < 1.29 is 19.1 Å². The lowest BCUT2D eigenvalue weighted by Crippen LogP contribution is -2.43. The first-order valence-electron chi connectivity index (χ1n) is 9.92. The van der Waals surface area contributed by atoms with Crippen molar-refractivity contribution in [2.45, 2.75) is 37.5 Å². The van der Waals surface area contributed by atoms with E-state index in [-0.39, 0.29) is 35.0 Å². The van der Waals surface area contributed by atoms with Crippen LogP contribution in [-0.4, -0.2) is 38.7 Å². The molecule has 32 heavy (non-hydrogen) atoms. The van der Waals surface area contributed by atoms with Crippen LogP contribution >= 0.6 is 11.8 Å². The molecule has 1 aromatic carbocycles. The fourth-order valence-corrected chi connectivity index (χ4v) is 4.14. The number of anilines is 2. The lowest BCUT2D eigenvalue weighted by molar-refractivity contribution is -0.115. The summed E-state index contributed by atoms with van der Waals surface area (Å²) in [6.45, 7) is 4.99. The molecule has 0 aliphatic carbocycles. The average molecular weight is 461 g/mol. The van der Waals surface area contributed by atoms with Gasteiger partial charge in [0.25, 0.3) is 5.56 Å². The van der Waals surface area contributed by atoms with Gasteiger partial charge >= 0.3 is 11.7 Å². The van der Waals surface area contributed by atoms with E-state index in [9.17, 15) is 24.0 Å². The highest BCUT2D eigenvalue weighted by Crippen LogP contribution is 2.36. The van der Waals surface area contributed by atoms with Gasteiger partial charge in [-0.15, -0.1) is 11.8 Å². The summed E-state index contributed by atoms with van der Waals surface area (Å²) in [5.41, 5.74) is 4.71. The zero-order chi connectivity index (χ0) is 23.7. The van der Waals surface area contributed by atoms with Crippen LogP contribution in [0.5, 0.6) is 0 Å². The van der Waals surface area contributed by atoms with Crippen molar-refractivity contribution in [1.29, 1.82) is 0 Å². The van der Waals surface area contributed by atoms with Crippen molar-refractivity contribution in [2.24, 2.45) is 13.0 Å². The molecule has 3 rings (SSSR count). The van der Waals surface area contributed by atoms with Gasteiger partial charge in [0.2, 0.25) is 11.7 Å². The normalized spacial score (nSPS) is 15.3. The summed E-state index contributed by atoms with van der Waals surface area (Å²) < 4.78 is 7.05. The maximum absolute atomic E-state index is 12.7. The number of aromatic nitrogens is 2. The van der Waals surface area contributed by atoms with Crippen LogP contribution in [0.25, 0.3) is 0 Å². The van der Waals surface area contributed by atoms with Crippen LogP contribution in [-0.2, 0) is 23.1 Å². The van der Waals surface area contributed by atoms with Crippen molar-refractivity contribution >= 4 is 40.9 Å². The number of hydrogen-bond donors (Lipinski definition) is 2. The highest BCUT2D eigenvalue weighted by Gasteiger charge is 2.25. The Labute approximate surface area is 187 Å². The second-order valence-electron chi connectivity index (χ2n) is 7.87. The van der Waals surface area contributed by atoms with Crippen LogP contribution in [0.2, 0.25) is 0 Å². The number of rotatable bonds is 6. The molecule has 1 aromatic heterocycles. The minimum Gasteiger partial charge on any atom is -0.454 e. The van der Waals surface area contributed by atoms with Gasteiger partial charge in [0, 0.05) is 18.5 Å². The van der Waals surface area contributed by atoms with E-state index in [1.165, 1.54) is 30.9 Å². The number of hydrogen-bond acceptors (Lipinski definition) is 8. The highest BCUT2D eigenvalue weighted by atomic mass is 32.2. The summed E-state index contributed by atoms with van der Waals surface area (Å²) in [7, 11) is 1.25. The smallest absolute Gasteiger partial charge is 0.338 e. The molecule has 0 bridgehead atoms. The van der Waals surface area contributed by atoms with Gasteiger partial charge in [0.15, 0.2) is 6.61 Å². The summed E-state index contributed by atoms with van der Waals surface area (Å²) in [6, 6.07) is 4.68. The zero-order valence-electron chi connectivity index (χ0n) is 18.1. The van der Waals surface area contributed by atoms with E-state index in [1.807, 2.05) is 13.8 Å². The molecule has 0 saturated carbocycles. The maximum Gasteiger partial charge on any atom is 0.338 e. The van der Waals surface area contributed by atoms with Crippen LogP contribution in [0.15, 0.2) is 32.7 Å². The molecule has 1 aliphatic rings. The molecule has 1 unspecified atom stereocenters. The van der Waals surface area contributed by atoms with E-state index in [0.29, 0.717) is 5.69 Å². The molecule has 3 N–H and O–H groups in total. The lowest BCUT2D eigenvalue weighted by Gasteiger charge is -2.21. The number of nitrogens with one attached hydrogen (secondary N) is 1. The Balaban J connectivity index is 1.81. The van der Waals surface area contributed by atoms with Gasteiger partial charge in [0.05, 0.1) is 16.5 Å². The predicted octanol–water partition coefficient (Wildman–Crippen LogP) is 1.26. The zero-order valence-corrected chi connectivity index (χ0v) is 18.9. The van der Waals surface area contributed by atoms with Gasteiger partial charge < -0.3 is 15.8 Å². The summed E-state index contributed by atoms with van der Waals surface area (Å²) >= 11 is 1.37. The van der Waals surface area contributed by atoms with Crippen LogP contribution in [0.4, 0.5) is 11.5 Å². The molecular weight excluding hydrogens is 436 g/mol. The number of esters is 1. The quantitative estimate of drug-likeness (QED) is 0.484. The second-order valence-corrected chi connectivity index (χ2v) is 9.25. The van der Waals surface area contributed by atoms with Crippen LogP contribution in [0.1, 0.15) is 41.5 Å². The summed E-state index contributed by atoms with van der Waals surface area (Å²) in [5.74, 6) is -2.00. The van der Waals surface area contributed by atoms with Gasteiger partial charge in [-0.2, -0.15) is 0 Å². The first kappa shape index (κ1) is 23.3. The number of benzene rings is 1. The largest absolute Gasteiger partial charge is 0.454 e. The van der Waals surface area contributed by atoms with E-state index in [2.05, 4.69) is 5.32 Å². The van der Waals surface area contributed by atoms with Crippen molar-refractivity contribution in [3.8, 4) is 0 Å². The van der Waals surface area contributed by atoms with Crippen molar-refractivity contribution in [3.63, 3.8) is 0 Å². The van der Waals surface area contributed by atoms with Gasteiger partial charge in [-0.1, -0.05) is 13.8 Å². The third kappa shape index (κ3) is 4.47. The van der Waals surface area contributed by atoms with E-state index < -0.39 is 35.2 Å². The molecule has 2 heterocycles. The van der Waals surface area contributed by atoms with Gasteiger partial charge in [-0.05, 0) is 31.0 Å². The number of ether oxygens (including phenoxy) is 1. The Hall–Kier alpha value is -3.34. The number of ketones is 1. The SMILES string of the molecule is CC(C)Cn1c(N)c(C(=O)COC(=O)c2ccc3c(c2)NC(=O)C(C)S3)c(=O)n(C)c1=O. The standard InChI is InChI=1S/C21H24N4O6S/c1-10(2)8-25-17(22)16(19(28)24(4)21(25)30)14(26)9-31-20(29)12-5-6-15-13(7-12)23-18(27)11(3)32-15/h5-7,10-11H,8-9,22H2,1-4H3,(H,23,27). The van der Waals surface area contributed by atoms with E-state index in [4.69, 9.17) is 10.5 Å². The molecule has 1 amide bonds. The number of nitrogens with two attached hydrogens (primary N) is 1. The molecule has 2 aromatic rings. The summed E-state index contributed by atoms with van der Waals surface area (Å²) in [4.78, 5) is 62.7. The predicted molar refractivity (Wildman–Crippen MR) is 120 cm³/mol. The second kappa shape index (κ2) is 9.03. The number of carbonyl (C=O) groups is 3. The monoisotopic (exact) mass is 460 g/mol. The van der Waals surface area contributed by atoms with Gasteiger partial charge in [0.1, 0.15) is 11.4 Å².